The molecular weight excluding hydrogens is 384 g/mol. The number of sulfone groups is 1. The monoisotopic (exact) mass is 408 g/mol. The first kappa shape index (κ1) is 19.5. The molecule has 2 aliphatic rings. The van der Waals surface area contributed by atoms with Crippen LogP contribution in [0.3, 0.4) is 0 Å². The van der Waals surface area contributed by atoms with E-state index in [1.54, 1.807) is 38.1 Å². The van der Waals surface area contributed by atoms with Crippen LogP contribution in [0.15, 0.2) is 70.1 Å². The van der Waals surface area contributed by atoms with E-state index in [9.17, 15) is 13.2 Å². The van der Waals surface area contributed by atoms with E-state index in [0.717, 1.165) is 22.5 Å². The molecule has 5 nitrogen and oxygen atoms in total. The van der Waals surface area contributed by atoms with Crippen LogP contribution in [0.25, 0.3) is 5.70 Å². The SMILES string of the molecule is Cc1ccc(S(=O)(=O)C2=C3C=C(N(C)C)c4ccccc4N3C(C)(C)C2=O)cc1. The van der Waals surface area contributed by atoms with Gasteiger partial charge >= 0.3 is 0 Å². The second-order valence-corrected chi connectivity index (χ2v) is 10.1. The third-order valence-electron chi connectivity index (χ3n) is 5.57. The Morgan fingerprint density at radius 3 is 2.21 bits per heavy atom. The Kier molecular flexibility index (Phi) is 4.24. The number of carbonyl (C=O) groups excluding carboxylic acids is 1. The van der Waals surface area contributed by atoms with Gasteiger partial charge in [-0.25, -0.2) is 8.42 Å². The van der Waals surface area contributed by atoms with Crippen LogP contribution in [-0.2, 0) is 14.6 Å². The van der Waals surface area contributed by atoms with Gasteiger partial charge in [-0.2, -0.15) is 0 Å². The number of fused-ring (bicyclic) bond motifs is 3. The lowest BCUT2D eigenvalue weighted by atomic mass is 9.96. The third-order valence-corrected chi connectivity index (χ3v) is 7.40. The summed E-state index contributed by atoms with van der Waals surface area (Å²) in [6, 6.07) is 14.4. The average molecular weight is 409 g/mol. The fourth-order valence-electron chi connectivity index (χ4n) is 4.02. The van der Waals surface area contributed by atoms with Crippen LogP contribution in [0, 0.1) is 6.92 Å². The molecule has 29 heavy (non-hydrogen) atoms. The highest BCUT2D eigenvalue weighted by molar-refractivity contribution is 7.96. The van der Waals surface area contributed by atoms with Gasteiger partial charge in [0.15, 0.2) is 0 Å². The smallest absolute Gasteiger partial charge is 0.212 e. The molecule has 0 amide bonds. The minimum absolute atomic E-state index is 0.135. The van der Waals surface area contributed by atoms with Gasteiger partial charge in [-0.15, -0.1) is 0 Å². The number of allylic oxidation sites excluding steroid dienone is 1. The Hall–Kier alpha value is -2.86. The van der Waals surface area contributed by atoms with Crippen molar-refractivity contribution in [3.63, 3.8) is 0 Å². The Morgan fingerprint density at radius 1 is 0.966 bits per heavy atom. The fraction of sp³-hybridized carbons (Fsp3) is 0.261. The number of benzene rings is 2. The summed E-state index contributed by atoms with van der Waals surface area (Å²) in [4.78, 5) is 17.2. The number of nitrogens with zero attached hydrogens (tertiary/aromatic N) is 2. The average Bonchev–Trinajstić information content (AvgIpc) is 2.87. The van der Waals surface area contributed by atoms with Crippen LogP contribution in [0.4, 0.5) is 5.69 Å². The zero-order valence-corrected chi connectivity index (χ0v) is 18.0. The Morgan fingerprint density at radius 2 is 1.59 bits per heavy atom. The maximum absolute atomic E-state index is 13.5. The van der Waals surface area contributed by atoms with Gasteiger partial charge in [0.25, 0.3) is 0 Å². The number of hydrogen-bond donors (Lipinski definition) is 0. The van der Waals surface area contributed by atoms with Gasteiger partial charge in [0, 0.05) is 25.4 Å². The van der Waals surface area contributed by atoms with E-state index < -0.39 is 15.4 Å². The van der Waals surface area contributed by atoms with Gasteiger partial charge in [0.1, 0.15) is 10.4 Å². The highest BCUT2D eigenvalue weighted by Crippen LogP contribution is 2.48. The van der Waals surface area contributed by atoms with Gasteiger partial charge in [0.2, 0.25) is 15.6 Å². The summed E-state index contributed by atoms with van der Waals surface area (Å²) in [7, 11) is -0.149. The molecule has 0 atom stereocenters. The van der Waals surface area contributed by atoms with Crippen molar-refractivity contribution in [2.75, 3.05) is 19.0 Å². The van der Waals surface area contributed by atoms with E-state index in [4.69, 9.17) is 0 Å². The van der Waals surface area contributed by atoms with Gasteiger partial charge in [0.05, 0.1) is 16.3 Å². The number of aryl methyl sites for hydroxylation is 1. The molecule has 0 bridgehead atoms. The highest BCUT2D eigenvalue weighted by atomic mass is 32.2. The predicted molar refractivity (Wildman–Crippen MR) is 115 cm³/mol. The molecule has 0 radical (unpaired) electrons. The number of Topliss-reactive ketones (excluding diaryl/α,β-unsaturated/α-hetero) is 1. The molecule has 2 aromatic rings. The van der Waals surface area contributed by atoms with Gasteiger partial charge < -0.3 is 9.80 Å². The molecule has 0 saturated heterocycles. The van der Waals surface area contributed by atoms with E-state index >= 15 is 0 Å². The number of rotatable bonds is 3. The van der Waals surface area contributed by atoms with Crippen LogP contribution in [0.5, 0.6) is 0 Å². The van der Waals surface area contributed by atoms with Crippen molar-refractivity contribution in [2.24, 2.45) is 0 Å². The quantitative estimate of drug-likeness (QED) is 0.774. The van der Waals surface area contributed by atoms with Crippen molar-refractivity contribution >= 4 is 27.0 Å². The molecular formula is C23H24N2O3S. The predicted octanol–water partition coefficient (Wildman–Crippen LogP) is 3.76. The number of anilines is 1. The minimum atomic E-state index is -3.97. The normalized spacial score (nSPS) is 17.8. The van der Waals surface area contributed by atoms with Crippen molar-refractivity contribution < 1.29 is 13.2 Å². The summed E-state index contributed by atoms with van der Waals surface area (Å²) in [5.74, 6) is -0.390. The van der Waals surface area contributed by atoms with Crippen molar-refractivity contribution in [1.82, 2.24) is 4.90 Å². The minimum Gasteiger partial charge on any atom is -0.377 e. The van der Waals surface area contributed by atoms with E-state index in [0.29, 0.717) is 5.70 Å². The maximum Gasteiger partial charge on any atom is 0.212 e. The van der Waals surface area contributed by atoms with Crippen LogP contribution in [0.2, 0.25) is 0 Å². The second-order valence-electron chi connectivity index (χ2n) is 8.20. The lowest BCUT2D eigenvalue weighted by Crippen LogP contribution is -2.45. The van der Waals surface area contributed by atoms with Crippen molar-refractivity contribution in [3.05, 3.63) is 76.3 Å². The molecule has 0 aliphatic carbocycles. The van der Waals surface area contributed by atoms with Crippen LogP contribution in [-0.4, -0.2) is 38.7 Å². The number of carbonyl (C=O) groups is 1. The molecule has 4 rings (SSSR count). The van der Waals surface area contributed by atoms with Gasteiger partial charge in [-0.3, -0.25) is 4.79 Å². The standard InChI is InChI=1S/C23H24N2O3S/c1-15-10-12-16(13-11-15)29(27,28)21-20-14-19(24(4)5)17-8-6-7-9-18(17)25(20)23(2,3)22(21)26/h6-14H,1-5H3. The van der Waals surface area contributed by atoms with Crippen LogP contribution >= 0.6 is 0 Å². The summed E-state index contributed by atoms with van der Waals surface area (Å²) in [5.41, 5.74) is 3.06. The molecule has 0 fully saturated rings. The first-order valence-corrected chi connectivity index (χ1v) is 10.9. The Labute approximate surface area is 171 Å². The molecule has 0 N–H and O–H groups in total. The zero-order chi connectivity index (χ0) is 21.1. The molecule has 150 valence electrons. The maximum atomic E-state index is 13.5. The van der Waals surface area contributed by atoms with E-state index in [1.165, 1.54) is 0 Å². The van der Waals surface area contributed by atoms with Crippen LogP contribution in [0.1, 0.15) is 25.0 Å². The summed E-state index contributed by atoms with van der Waals surface area (Å²) < 4.78 is 27.1. The summed E-state index contributed by atoms with van der Waals surface area (Å²) in [6.45, 7) is 5.45. The van der Waals surface area contributed by atoms with Gasteiger partial charge in [-0.1, -0.05) is 35.9 Å². The van der Waals surface area contributed by atoms with Crippen LogP contribution < -0.4 is 4.90 Å². The first-order valence-electron chi connectivity index (χ1n) is 9.46. The van der Waals surface area contributed by atoms with Crippen molar-refractivity contribution in [1.29, 1.82) is 0 Å². The molecule has 2 heterocycles. The topological polar surface area (TPSA) is 57.7 Å². The second kappa shape index (κ2) is 6.32. The number of hydrogen-bond acceptors (Lipinski definition) is 5. The molecule has 6 heteroatoms. The fourth-order valence-corrected chi connectivity index (χ4v) is 5.67. The molecule has 0 saturated carbocycles. The van der Waals surface area contributed by atoms with E-state index in [-0.39, 0.29) is 15.6 Å². The van der Waals surface area contributed by atoms with Crippen molar-refractivity contribution in [2.45, 2.75) is 31.2 Å². The lowest BCUT2D eigenvalue weighted by Gasteiger charge is -2.39. The summed E-state index contributed by atoms with van der Waals surface area (Å²) in [5, 5.41) is 0. The molecule has 0 spiro atoms. The van der Waals surface area contributed by atoms with E-state index in [1.807, 2.05) is 61.2 Å². The number of para-hydroxylation sites is 1. The Balaban J connectivity index is 2.04. The number of ketones is 1. The summed E-state index contributed by atoms with van der Waals surface area (Å²) >= 11 is 0. The molecule has 0 unspecified atom stereocenters. The van der Waals surface area contributed by atoms with Gasteiger partial charge in [-0.05, 0) is 45.0 Å². The first-order chi connectivity index (χ1) is 13.6. The highest BCUT2D eigenvalue weighted by Gasteiger charge is 2.52. The van der Waals surface area contributed by atoms with Crippen molar-refractivity contribution in [3.8, 4) is 0 Å². The third kappa shape index (κ3) is 2.74. The van der Waals surface area contributed by atoms with E-state index in [2.05, 4.69) is 0 Å². The molecule has 2 aromatic carbocycles. The Bertz CT molecular complexity index is 1190. The molecule has 0 aromatic heterocycles. The summed E-state index contributed by atoms with van der Waals surface area (Å²) in [6.07, 6.45) is 1.82. The zero-order valence-electron chi connectivity index (χ0n) is 17.2. The lowest BCUT2D eigenvalue weighted by molar-refractivity contribution is -0.117. The molecule has 2 aliphatic heterocycles. The largest absolute Gasteiger partial charge is 0.377 e.